The molecule has 1 aliphatic carbocycles. The first-order chi connectivity index (χ1) is 15.0. The fraction of sp³-hybridized carbons (Fsp3) is 0.150. The van der Waals surface area contributed by atoms with Crippen molar-refractivity contribution in [2.24, 2.45) is 4.99 Å². The lowest BCUT2D eigenvalue weighted by atomic mass is 10.2. The maximum absolute atomic E-state index is 11.4. The van der Waals surface area contributed by atoms with Crippen molar-refractivity contribution in [3.8, 4) is 11.9 Å². The van der Waals surface area contributed by atoms with Crippen LogP contribution in [0.15, 0.2) is 40.2 Å². The van der Waals surface area contributed by atoms with E-state index in [2.05, 4.69) is 25.4 Å². The second-order valence-corrected chi connectivity index (χ2v) is 7.52. The number of H-pyrrole nitrogens is 2. The van der Waals surface area contributed by atoms with Gasteiger partial charge in [0, 0.05) is 17.0 Å². The van der Waals surface area contributed by atoms with E-state index in [4.69, 9.17) is 21.9 Å². The summed E-state index contributed by atoms with van der Waals surface area (Å²) in [7, 11) is 0. The molecule has 0 aliphatic heterocycles. The Hall–Kier alpha value is -4.10. The Balaban J connectivity index is 1.65. The molecule has 1 saturated carbocycles. The number of nitrogens with zero attached hydrogens (tertiary/aromatic N) is 5. The van der Waals surface area contributed by atoms with Crippen LogP contribution in [-0.2, 0) is 0 Å². The number of anilines is 2. The number of aromatic hydroxyl groups is 1. The Morgan fingerprint density at radius 3 is 2.87 bits per heavy atom. The third-order valence-corrected chi connectivity index (χ3v) is 5.05. The normalized spacial score (nSPS) is 14.8. The lowest BCUT2D eigenvalue weighted by Gasteiger charge is -2.07. The van der Waals surface area contributed by atoms with Crippen molar-refractivity contribution in [2.75, 3.05) is 5.32 Å². The highest BCUT2D eigenvalue weighted by Crippen LogP contribution is 2.24. The summed E-state index contributed by atoms with van der Waals surface area (Å²) in [6.07, 6.45) is 5.21. The Morgan fingerprint density at radius 1 is 1.35 bits per heavy atom. The highest BCUT2D eigenvalue weighted by atomic mass is 35.5. The number of hydrogen-bond donors (Lipinski definition) is 4. The van der Waals surface area contributed by atoms with Gasteiger partial charge in [0.1, 0.15) is 17.6 Å². The predicted octanol–water partition coefficient (Wildman–Crippen LogP) is 1.33. The van der Waals surface area contributed by atoms with E-state index < -0.39 is 5.69 Å². The number of nitriles is 1. The van der Waals surface area contributed by atoms with Gasteiger partial charge in [-0.2, -0.15) is 14.9 Å². The molecule has 0 amide bonds. The van der Waals surface area contributed by atoms with Crippen LogP contribution in [0.25, 0.3) is 11.7 Å². The summed E-state index contributed by atoms with van der Waals surface area (Å²) in [6.45, 7) is 0. The number of imidazole rings is 1. The van der Waals surface area contributed by atoms with E-state index in [0.717, 1.165) is 12.8 Å². The first kappa shape index (κ1) is 18.9. The van der Waals surface area contributed by atoms with Crippen molar-refractivity contribution in [3.05, 3.63) is 67.9 Å². The molecule has 1 aliphatic rings. The van der Waals surface area contributed by atoms with Gasteiger partial charge in [0.25, 0.3) is 0 Å². The molecule has 0 spiro atoms. The minimum absolute atomic E-state index is 0.222. The number of aromatic amines is 2. The van der Waals surface area contributed by atoms with Crippen molar-refractivity contribution in [2.45, 2.75) is 18.9 Å². The van der Waals surface area contributed by atoms with E-state index in [1.807, 2.05) is 6.07 Å². The molecule has 3 aromatic heterocycles. The summed E-state index contributed by atoms with van der Waals surface area (Å²) in [6, 6.07) is 9.07. The molecular formula is C20H15ClN8O2. The van der Waals surface area contributed by atoms with Crippen LogP contribution < -0.4 is 21.7 Å². The van der Waals surface area contributed by atoms with E-state index in [1.165, 1.54) is 0 Å². The highest BCUT2D eigenvalue weighted by molar-refractivity contribution is 6.32. The van der Waals surface area contributed by atoms with E-state index >= 15 is 0 Å². The van der Waals surface area contributed by atoms with E-state index in [-0.39, 0.29) is 17.6 Å². The van der Waals surface area contributed by atoms with Crippen LogP contribution in [0.5, 0.6) is 5.88 Å². The molecule has 11 heteroatoms. The minimum Gasteiger partial charge on any atom is -0.493 e. The van der Waals surface area contributed by atoms with Gasteiger partial charge in [0.05, 0.1) is 22.8 Å². The van der Waals surface area contributed by atoms with Gasteiger partial charge >= 0.3 is 5.69 Å². The van der Waals surface area contributed by atoms with Gasteiger partial charge in [-0.05, 0) is 37.1 Å². The third-order valence-electron chi connectivity index (χ3n) is 4.74. The molecular weight excluding hydrogens is 420 g/mol. The van der Waals surface area contributed by atoms with E-state index in [0.29, 0.717) is 38.4 Å². The van der Waals surface area contributed by atoms with E-state index in [9.17, 15) is 9.90 Å². The second-order valence-electron chi connectivity index (χ2n) is 7.11. The number of nitrogens with one attached hydrogen (secondary N) is 3. The fourth-order valence-corrected chi connectivity index (χ4v) is 3.31. The van der Waals surface area contributed by atoms with Gasteiger partial charge in [0.15, 0.2) is 11.1 Å². The Labute approximate surface area is 179 Å². The lowest BCUT2D eigenvalue weighted by molar-refractivity contribution is 0.454. The molecule has 0 bridgehead atoms. The Kier molecular flexibility index (Phi) is 4.45. The third kappa shape index (κ3) is 3.74. The standard InChI is InChI=1S/C20H15ClN8O2/c21-14-6-13(2-1-10(14)8-22)24-16-7-17(25-12-3-4-12)29-18(27-16)11(9-23-29)5-15-19(30)28-20(31)26-15/h1-2,5-7,9,12,24,30H,3-4H2,(H2,26,28,31)/b11-5-,25-17?. The average molecular weight is 435 g/mol. The summed E-state index contributed by atoms with van der Waals surface area (Å²) in [5, 5.41) is 27.4. The smallest absolute Gasteiger partial charge is 0.326 e. The largest absolute Gasteiger partial charge is 0.493 e. The van der Waals surface area contributed by atoms with Crippen LogP contribution in [0.3, 0.4) is 0 Å². The molecule has 31 heavy (non-hydrogen) atoms. The quantitative estimate of drug-likeness (QED) is 0.381. The van der Waals surface area contributed by atoms with Gasteiger partial charge in [-0.1, -0.05) is 11.6 Å². The molecule has 1 fully saturated rings. The second kappa shape index (κ2) is 7.30. The first-order valence-electron chi connectivity index (χ1n) is 9.42. The monoisotopic (exact) mass is 434 g/mol. The lowest BCUT2D eigenvalue weighted by Crippen LogP contribution is -2.19. The number of fused-ring (bicyclic) bond motifs is 1. The van der Waals surface area contributed by atoms with Crippen molar-refractivity contribution in [3.63, 3.8) is 0 Å². The van der Waals surface area contributed by atoms with Gasteiger partial charge in [-0.25, -0.2) is 9.78 Å². The van der Waals surface area contributed by atoms with Gasteiger partial charge in [-0.15, -0.1) is 0 Å². The van der Waals surface area contributed by atoms with Crippen LogP contribution >= 0.6 is 11.6 Å². The van der Waals surface area contributed by atoms with Crippen molar-refractivity contribution >= 4 is 34.8 Å². The van der Waals surface area contributed by atoms with Gasteiger partial charge < -0.3 is 15.4 Å². The number of aromatic nitrogens is 5. The molecule has 0 unspecified atom stereocenters. The van der Waals surface area contributed by atoms with Gasteiger partial charge in [0.2, 0.25) is 5.88 Å². The van der Waals surface area contributed by atoms with Crippen LogP contribution in [0, 0.1) is 11.3 Å². The summed E-state index contributed by atoms with van der Waals surface area (Å²) in [4.78, 5) is 25.6. The molecule has 5 rings (SSSR count). The van der Waals surface area contributed by atoms with Gasteiger partial charge in [-0.3, -0.25) is 9.98 Å². The predicted molar refractivity (Wildman–Crippen MR) is 113 cm³/mol. The maximum Gasteiger partial charge on any atom is 0.326 e. The SMILES string of the molecule is N#Cc1ccc(Nc2cc(=NC3CC3)n3nc/c(=C/c4[nH]c(=O)[nH]c4O)c3n2)cc1Cl. The summed E-state index contributed by atoms with van der Waals surface area (Å²) in [5.74, 6) is 0.239. The fourth-order valence-electron chi connectivity index (χ4n) is 3.09. The molecule has 154 valence electrons. The van der Waals surface area contributed by atoms with Crippen LogP contribution in [0.1, 0.15) is 24.1 Å². The zero-order chi connectivity index (χ0) is 21.5. The van der Waals surface area contributed by atoms with E-state index in [1.54, 1.807) is 41.1 Å². The van der Waals surface area contributed by atoms with Crippen LogP contribution in [0.4, 0.5) is 11.5 Å². The number of hydrogen-bond acceptors (Lipinski definition) is 7. The Morgan fingerprint density at radius 2 is 2.19 bits per heavy atom. The first-order valence-corrected chi connectivity index (χ1v) is 9.80. The topological polar surface area (TPSA) is 147 Å². The molecule has 0 radical (unpaired) electrons. The van der Waals surface area contributed by atoms with Crippen molar-refractivity contribution in [1.82, 2.24) is 24.6 Å². The number of rotatable bonds is 4. The molecule has 1 aromatic carbocycles. The summed E-state index contributed by atoms with van der Waals surface area (Å²) < 4.78 is 1.61. The maximum atomic E-state index is 11.4. The zero-order valence-electron chi connectivity index (χ0n) is 15.9. The van der Waals surface area contributed by atoms with Crippen LogP contribution in [0.2, 0.25) is 5.02 Å². The molecule has 0 atom stereocenters. The highest BCUT2D eigenvalue weighted by Gasteiger charge is 2.20. The molecule has 4 aromatic rings. The molecule has 10 nitrogen and oxygen atoms in total. The number of halogens is 1. The van der Waals surface area contributed by atoms with Crippen molar-refractivity contribution < 1.29 is 5.11 Å². The average Bonchev–Trinajstić information content (AvgIpc) is 3.37. The minimum atomic E-state index is -0.516. The molecule has 3 heterocycles. The van der Waals surface area contributed by atoms with Crippen molar-refractivity contribution in [1.29, 1.82) is 5.26 Å². The molecule has 4 N–H and O–H groups in total. The number of benzene rings is 1. The molecule has 0 saturated heterocycles. The zero-order valence-corrected chi connectivity index (χ0v) is 16.7. The Bertz CT molecular complexity index is 1540. The summed E-state index contributed by atoms with van der Waals surface area (Å²) in [5.41, 5.74) is 1.87. The van der Waals surface area contributed by atoms with Crippen LogP contribution in [-0.4, -0.2) is 35.7 Å². The summed E-state index contributed by atoms with van der Waals surface area (Å²) >= 11 is 6.14.